The van der Waals surface area contributed by atoms with Crippen molar-refractivity contribution in [2.24, 2.45) is 5.92 Å². The number of nitrogens with zero attached hydrogens (tertiary/aromatic N) is 1. The number of ether oxygens (including phenoxy) is 1. The number of pyridine rings is 1. The van der Waals surface area contributed by atoms with Gasteiger partial charge in [0.05, 0.1) is 19.2 Å². The molecule has 1 fully saturated rings. The van der Waals surface area contributed by atoms with Crippen molar-refractivity contribution < 1.29 is 14.6 Å². The van der Waals surface area contributed by atoms with Crippen molar-refractivity contribution in [3.63, 3.8) is 0 Å². The van der Waals surface area contributed by atoms with Gasteiger partial charge in [0.15, 0.2) is 5.78 Å². The fourth-order valence-electron chi connectivity index (χ4n) is 3.23. The Morgan fingerprint density at radius 1 is 1.38 bits per heavy atom. The van der Waals surface area contributed by atoms with Crippen LogP contribution in [0, 0.1) is 19.8 Å². The van der Waals surface area contributed by atoms with Crippen molar-refractivity contribution in [1.29, 1.82) is 0 Å². The lowest BCUT2D eigenvalue weighted by atomic mass is 9.83. The Labute approximate surface area is 126 Å². The monoisotopic (exact) mass is 291 g/mol. The van der Waals surface area contributed by atoms with Gasteiger partial charge in [0.1, 0.15) is 11.9 Å². The number of hydrogen-bond donors (Lipinski definition) is 1. The second kappa shape index (κ2) is 7.03. The van der Waals surface area contributed by atoms with Crippen molar-refractivity contribution in [1.82, 2.24) is 4.98 Å². The molecule has 4 heteroatoms. The van der Waals surface area contributed by atoms with Crippen LogP contribution < -0.4 is 4.74 Å². The Bertz CT molecular complexity index is 507. The van der Waals surface area contributed by atoms with E-state index in [2.05, 4.69) is 4.98 Å². The molecule has 1 aromatic rings. The number of methoxy groups -OCH3 is 1. The second-order valence-electron chi connectivity index (χ2n) is 6.03. The Kier molecular flexibility index (Phi) is 5.34. The molecule has 1 N–H and O–H groups in total. The highest BCUT2D eigenvalue weighted by Crippen LogP contribution is 2.28. The molecule has 1 atom stereocenters. The third-order valence-electron chi connectivity index (χ3n) is 4.52. The molecule has 0 bridgehead atoms. The van der Waals surface area contributed by atoms with Crippen LogP contribution in [0.1, 0.15) is 48.9 Å². The highest BCUT2D eigenvalue weighted by molar-refractivity contribution is 5.85. The molecule has 4 nitrogen and oxygen atoms in total. The van der Waals surface area contributed by atoms with Crippen molar-refractivity contribution in [3.8, 4) is 5.75 Å². The smallest absolute Gasteiger partial charge is 0.167 e. The molecule has 0 radical (unpaired) electrons. The van der Waals surface area contributed by atoms with Crippen LogP contribution in [0.15, 0.2) is 6.20 Å². The first kappa shape index (κ1) is 16.0. The molecule has 0 amide bonds. The van der Waals surface area contributed by atoms with E-state index in [9.17, 15) is 9.90 Å². The molecular weight excluding hydrogens is 266 g/mol. The molecule has 1 aliphatic carbocycles. The minimum absolute atomic E-state index is 0.122. The van der Waals surface area contributed by atoms with Gasteiger partial charge in [-0.05, 0) is 32.6 Å². The molecule has 0 saturated heterocycles. The average molecular weight is 291 g/mol. The standard InChI is InChI=1S/C17H25NO3/c1-11-10-18-14(12(2)17(11)21-3)9-15(19)16(20)13-7-5-4-6-8-13/h10,13,16,20H,4-9H2,1-3H3. The van der Waals surface area contributed by atoms with Crippen molar-refractivity contribution in [3.05, 3.63) is 23.0 Å². The number of rotatable bonds is 5. The molecule has 1 aromatic heterocycles. The molecule has 116 valence electrons. The van der Waals surface area contributed by atoms with Crippen LogP contribution in [0.4, 0.5) is 0 Å². The molecule has 21 heavy (non-hydrogen) atoms. The molecule has 1 unspecified atom stereocenters. The Morgan fingerprint density at radius 3 is 2.67 bits per heavy atom. The first-order valence-electron chi connectivity index (χ1n) is 7.74. The van der Waals surface area contributed by atoms with Crippen LogP contribution >= 0.6 is 0 Å². The van der Waals surface area contributed by atoms with E-state index in [1.54, 1.807) is 13.3 Å². The highest BCUT2D eigenvalue weighted by atomic mass is 16.5. The molecule has 0 spiro atoms. The lowest BCUT2D eigenvalue weighted by molar-refractivity contribution is -0.129. The number of carbonyl (C=O) groups excluding carboxylic acids is 1. The van der Waals surface area contributed by atoms with Crippen LogP contribution in [0.2, 0.25) is 0 Å². The summed E-state index contributed by atoms with van der Waals surface area (Å²) in [5.41, 5.74) is 2.55. The van der Waals surface area contributed by atoms with E-state index in [0.717, 1.165) is 42.6 Å². The van der Waals surface area contributed by atoms with Gasteiger partial charge in [-0.15, -0.1) is 0 Å². The van der Waals surface area contributed by atoms with E-state index in [1.165, 1.54) is 6.42 Å². The Hall–Kier alpha value is -1.42. The number of hydrogen-bond acceptors (Lipinski definition) is 4. The maximum Gasteiger partial charge on any atom is 0.167 e. The molecule has 2 rings (SSSR count). The summed E-state index contributed by atoms with van der Waals surface area (Å²) >= 11 is 0. The van der Waals surface area contributed by atoms with Gasteiger partial charge in [0, 0.05) is 17.3 Å². The highest BCUT2D eigenvalue weighted by Gasteiger charge is 2.28. The van der Waals surface area contributed by atoms with Gasteiger partial charge < -0.3 is 9.84 Å². The summed E-state index contributed by atoms with van der Waals surface area (Å²) in [5, 5.41) is 10.3. The first-order valence-corrected chi connectivity index (χ1v) is 7.74. The number of Topliss-reactive ketones (excluding diaryl/α,β-unsaturated/α-hetero) is 1. The number of aromatic nitrogens is 1. The van der Waals surface area contributed by atoms with E-state index >= 15 is 0 Å². The van der Waals surface area contributed by atoms with Crippen molar-refractivity contribution in [2.75, 3.05) is 7.11 Å². The zero-order valence-electron chi connectivity index (χ0n) is 13.2. The van der Waals surface area contributed by atoms with Crippen LogP contribution in [-0.4, -0.2) is 29.1 Å². The number of carbonyl (C=O) groups is 1. The average Bonchev–Trinajstić information content (AvgIpc) is 2.50. The van der Waals surface area contributed by atoms with E-state index in [4.69, 9.17) is 4.74 Å². The minimum Gasteiger partial charge on any atom is -0.496 e. The summed E-state index contributed by atoms with van der Waals surface area (Å²) in [6.45, 7) is 3.84. The predicted octanol–water partition coefficient (Wildman–Crippen LogP) is 2.76. The van der Waals surface area contributed by atoms with E-state index in [0.29, 0.717) is 5.69 Å². The van der Waals surface area contributed by atoms with Gasteiger partial charge in [-0.1, -0.05) is 19.3 Å². The quantitative estimate of drug-likeness (QED) is 0.906. The van der Waals surface area contributed by atoms with Crippen LogP contribution in [0.5, 0.6) is 5.75 Å². The van der Waals surface area contributed by atoms with Crippen molar-refractivity contribution >= 4 is 5.78 Å². The minimum atomic E-state index is -0.848. The summed E-state index contributed by atoms with van der Waals surface area (Å²) in [6, 6.07) is 0. The van der Waals surface area contributed by atoms with E-state index < -0.39 is 6.10 Å². The number of aliphatic hydroxyl groups excluding tert-OH is 1. The maximum atomic E-state index is 12.3. The van der Waals surface area contributed by atoms with Crippen LogP contribution in [0.25, 0.3) is 0 Å². The zero-order chi connectivity index (χ0) is 15.4. The van der Waals surface area contributed by atoms with Crippen LogP contribution in [0.3, 0.4) is 0 Å². The van der Waals surface area contributed by atoms with E-state index in [-0.39, 0.29) is 18.1 Å². The molecule has 1 aliphatic rings. The van der Waals surface area contributed by atoms with Gasteiger partial charge >= 0.3 is 0 Å². The molecule has 1 saturated carbocycles. The third kappa shape index (κ3) is 3.62. The summed E-state index contributed by atoms with van der Waals surface area (Å²) < 4.78 is 5.36. The molecule has 0 aromatic carbocycles. The molecular formula is C17H25NO3. The van der Waals surface area contributed by atoms with Gasteiger partial charge in [-0.3, -0.25) is 9.78 Å². The van der Waals surface area contributed by atoms with Gasteiger partial charge in [-0.25, -0.2) is 0 Å². The summed E-state index contributed by atoms with van der Waals surface area (Å²) in [5.74, 6) is 0.780. The topological polar surface area (TPSA) is 59.4 Å². The second-order valence-corrected chi connectivity index (χ2v) is 6.03. The fourth-order valence-corrected chi connectivity index (χ4v) is 3.23. The van der Waals surface area contributed by atoms with Gasteiger partial charge in [0.25, 0.3) is 0 Å². The SMILES string of the molecule is COc1c(C)cnc(CC(=O)C(O)C2CCCCC2)c1C. The number of aliphatic hydroxyl groups is 1. The molecule has 0 aliphatic heterocycles. The summed E-state index contributed by atoms with van der Waals surface area (Å²) in [6.07, 6.45) is 6.41. The molecule has 1 heterocycles. The summed E-state index contributed by atoms with van der Waals surface area (Å²) in [7, 11) is 1.62. The first-order chi connectivity index (χ1) is 10.0. The lowest BCUT2D eigenvalue weighted by Crippen LogP contribution is -2.32. The Morgan fingerprint density at radius 2 is 2.05 bits per heavy atom. The largest absolute Gasteiger partial charge is 0.496 e. The third-order valence-corrected chi connectivity index (χ3v) is 4.52. The predicted molar refractivity (Wildman–Crippen MR) is 81.6 cm³/mol. The zero-order valence-corrected chi connectivity index (χ0v) is 13.2. The lowest BCUT2D eigenvalue weighted by Gasteiger charge is -2.25. The van der Waals surface area contributed by atoms with Crippen LogP contribution in [-0.2, 0) is 11.2 Å². The maximum absolute atomic E-state index is 12.3. The summed E-state index contributed by atoms with van der Waals surface area (Å²) in [4.78, 5) is 16.7. The Balaban J connectivity index is 2.08. The van der Waals surface area contributed by atoms with Gasteiger partial charge in [0.2, 0.25) is 0 Å². The van der Waals surface area contributed by atoms with Gasteiger partial charge in [-0.2, -0.15) is 0 Å². The number of aryl methyl sites for hydroxylation is 1. The fraction of sp³-hybridized carbons (Fsp3) is 0.647. The van der Waals surface area contributed by atoms with E-state index in [1.807, 2.05) is 13.8 Å². The van der Waals surface area contributed by atoms with Crippen molar-refractivity contribution in [2.45, 2.75) is 58.5 Å². The number of ketones is 1. The normalized spacial score (nSPS) is 17.5.